The number of nitrogens with zero attached hydrogens (tertiary/aromatic N) is 2. The summed E-state index contributed by atoms with van der Waals surface area (Å²) in [7, 11) is -2.39. The lowest BCUT2D eigenvalue weighted by Gasteiger charge is -2.10. The lowest BCUT2D eigenvalue weighted by Crippen LogP contribution is -2.16. The smallest absolute Gasteiger partial charge is 0.264 e. The molecule has 0 spiro atoms. The minimum Gasteiger partial charge on any atom is -0.396 e. The second kappa shape index (κ2) is 4.95. The van der Waals surface area contributed by atoms with Crippen molar-refractivity contribution in [3.05, 3.63) is 34.7 Å². The van der Waals surface area contributed by atoms with Gasteiger partial charge in [-0.25, -0.2) is 12.8 Å². The van der Waals surface area contributed by atoms with Crippen LogP contribution in [0.3, 0.4) is 0 Å². The van der Waals surface area contributed by atoms with Crippen LogP contribution < -0.4 is 10.5 Å². The highest BCUT2D eigenvalue weighted by Gasteiger charge is 2.21. The molecule has 9 heteroatoms. The Morgan fingerprint density at radius 2 is 2.05 bits per heavy atom. The quantitative estimate of drug-likeness (QED) is 0.846. The van der Waals surface area contributed by atoms with Crippen LogP contribution in [0, 0.1) is 12.7 Å². The summed E-state index contributed by atoms with van der Waals surface area (Å²) < 4.78 is 41.4. The number of halogens is 2. The third-order valence-corrected chi connectivity index (χ3v) is 4.40. The second-order valence-corrected chi connectivity index (χ2v) is 6.26. The summed E-state index contributed by atoms with van der Waals surface area (Å²) >= 11 is 5.76. The molecule has 0 amide bonds. The van der Waals surface area contributed by atoms with E-state index in [-0.39, 0.29) is 21.4 Å². The number of hydrogen-bond acceptors (Lipinski definition) is 4. The monoisotopic (exact) mass is 318 g/mol. The molecule has 3 N–H and O–H groups in total. The van der Waals surface area contributed by atoms with Crippen molar-refractivity contribution < 1.29 is 12.8 Å². The normalized spacial score (nSPS) is 11.6. The molecule has 0 radical (unpaired) electrons. The van der Waals surface area contributed by atoms with Gasteiger partial charge in [0, 0.05) is 13.1 Å². The fourth-order valence-corrected chi connectivity index (χ4v) is 3.28. The molecule has 0 saturated heterocycles. The average molecular weight is 319 g/mol. The number of nitrogen functional groups attached to an aromatic ring is 1. The van der Waals surface area contributed by atoms with Crippen molar-refractivity contribution in [2.45, 2.75) is 11.8 Å². The van der Waals surface area contributed by atoms with Crippen LogP contribution in [-0.2, 0) is 17.1 Å². The summed E-state index contributed by atoms with van der Waals surface area (Å²) in [6.45, 7) is 1.72. The molecule has 1 aromatic heterocycles. The van der Waals surface area contributed by atoms with E-state index in [1.807, 2.05) is 0 Å². The number of rotatable bonds is 3. The molecule has 0 fully saturated rings. The molecule has 2 aromatic rings. The van der Waals surface area contributed by atoms with Crippen LogP contribution in [0.2, 0.25) is 5.02 Å². The van der Waals surface area contributed by atoms with Crippen LogP contribution in [0.15, 0.2) is 23.1 Å². The van der Waals surface area contributed by atoms with Crippen molar-refractivity contribution in [2.75, 3.05) is 10.5 Å². The standard InChI is InChI=1S/C11H12ClFN4O2S/c1-6-3-11(17(2)15-6)16-20(18,19)10-5-9(14)8(13)4-7(10)12/h3-5,16H,14H2,1-2H3. The predicted molar refractivity (Wildman–Crippen MR) is 74.6 cm³/mol. The van der Waals surface area contributed by atoms with Crippen LogP contribution in [0.4, 0.5) is 15.9 Å². The maximum absolute atomic E-state index is 13.2. The highest BCUT2D eigenvalue weighted by molar-refractivity contribution is 7.92. The Balaban J connectivity index is 2.46. The third-order valence-electron chi connectivity index (χ3n) is 2.58. The first-order valence-electron chi connectivity index (χ1n) is 5.48. The van der Waals surface area contributed by atoms with Crippen LogP contribution in [0.25, 0.3) is 0 Å². The van der Waals surface area contributed by atoms with Crippen molar-refractivity contribution in [3.63, 3.8) is 0 Å². The number of nitrogens with two attached hydrogens (primary N) is 1. The minimum atomic E-state index is -3.98. The number of aryl methyl sites for hydroxylation is 2. The molecule has 108 valence electrons. The number of benzene rings is 1. The highest BCUT2D eigenvalue weighted by Crippen LogP contribution is 2.27. The number of sulfonamides is 1. The number of anilines is 2. The van der Waals surface area contributed by atoms with Gasteiger partial charge in [-0.2, -0.15) is 5.10 Å². The molecule has 20 heavy (non-hydrogen) atoms. The summed E-state index contributed by atoms with van der Waals surface area (Å²) in [6.07, 6.45) is 0. The first-order chi connectivity index (χ1) is 9.20. The Morgan fingerprint density at radius 1 is 1.40 bits per heavy atom. The zero-order valence-corrected chi connectivity index (χ0v) is 12.3. The third kappa shape index (κ3) is 2.70. The van der Waals surface area contributed by atoms with Crippen molar-refractivity contribution in [3.8, 4) is 0 Å². The first-order valence-corrected chi connectivity index (χ1v) is 7.35. The van der Waals surface area contributed by atoms with Gasteiger partial charge in [0.1, 0.15) is 16.5 Å². The molecule has 0 aliphatic rings. The van der Waals surface area contributed by atoms with E-state index in [2.05, 4.69) is 9.82 Å². The Bertz CT molecular complexity index is 773. The second-order valence-electron chi connectivity index (χ2n) is 4.20. The molecule has 0 aliphatic carbocycles. The van der Waals surface area contributed by atoms with E-state index in [0.29, 0.717) is 5.69 Å². The van der Waals surface area contributed by atoms with Gasteiger partial charge >= 0.3 is 0 Å². The molecular formula is C11H12ClFN4O2S. The maximum atomic E-state index is 13.2. The van der Waals surface area contributed by atoms with Gasteiger partial charge in [0.25, 0.3) is 10.0 Å². The Labute approximate surface area is 120 Å². The molecule has 6 nitrogen and oxygen atoms in total. The van der Waals surface area contributed by atoms with Gasteiger partial charge in [0.15, 0.2) is 0 Å². The fourth-order valence-electron chi connectivity index (χ4n) is 1.65. The van der Waals surface area contributed by atoms with Crippen LogP contribution in [0.1, 0.15) is 5.69 Å². The number of aromatic nitrogens is 2. The zero-order chi connectivity index (χ0) is 15.1. The predicted octanol–water partition coefficient (Wildman–Crippen LogP) is 1.90. The molecule has 0 saturated carbocycles. The van der Waals surface area contributed by atoms with Gasteiger partial charge in [0.05, 0.1) is 16.4 Å². The maximum Gasteiger partial charge on any atom is 0.264 e. The molecule has 2 rings (SSSR count). The molecule has 1 aromatic carbocycles. The lowest BCUT2D eigenvalue weighted by atomic mass is 10.3. The zero-order valence-electron chi connectivity index (χ0n) is 10.7. The Kier molecular flexibility index (Phi) is 3.61. The van der Waals surface area contributed by atoms with E-state index >= 15 is 0 Å². The van der Waals surface area contributed by atoms with Crippen LogP contribution in [0.5, 0.6) is 0 Å². The van der Waals surface area contributed by atoms with Crippen molar-refractivity contribution in [1.29, 1.82) is 0 Å². The van der Waals surface area contributed by atoms with E-state index in [1.165, 1.54) is 4.68 Å². The molecule has 0 aliphatic heterocycles. The average Bonchev–Trinajstić information content (AvgIpc) is 2.61. The first kappa shape index (κ1) is 14.6. The van der Waals surface area contributed by atoms with E-state index in [4.69, 9.17) is 17.3 Å². The Morgan fingerprint density at radius 3 is 2.60 bits per heavy atom. The fraction of sp³-hybridized carbons (Fsp3) is 0.182. The van der Waals surface area contributed by atoms with Gasteiger partial charge in [-0.1, -0.05) is 11.6 Å². The van der Waals surface area contributed by atoms with Crippen LogP contribution >= 0.6 is 11.6 Å². The van der Waals surface area contributed by atoms with E-state index < -0.39 is 15.8 Å². The molecule has 0 unspecified atom stereocenters. The van der Waals surface area contributed by atoms with E-state index in [0.717, 1.165) is 12.1 Å². The molecule has 0 bridgehead atoms. The van der Waals surface area contributed by atoms with Gasteiger partial charge in [-0.3, -0.25) is 9.40 Å². The SMILES string of the molecule is Cc1cc(NS(=O)(=O)c2cc(N)c(F)cc2Cl)n(C)n1. The summed E-state index contributed by atoms with van der Waals surface area (Å²) in [5, 5.41) is 3.77. The summed E-state index contributed by atoms with van der Waals surface area (Å²) in [5.74, 6) is -0.508. The van der Waals surface area contributed by atoms with E-state index in [9.17, 15) is 12.8 Å². The van der Waals surface area contributed by atoms with Crippen molar-refractivity contribution in [2.24, 2.45) is 7.05 Å². The lowest BCUT2D eigenvalue weighted by molar-refractivity contribution is 0.599. The summed E-state index contributed by atoms with van der Waals surface area (Å²) in [4.78, 5) is -0.295. The summed E-state index contributed by atoms with van der Waals surface area (Å²) in [5.41, 5.74) is 5.72. The van der Waals surface area contributed by atoms with Gasteiger partial charge in [0.2, 0.25) is 0 Å². The molecule has 1 heterocycles. The topological polar surface area (TPSA) is 90.0 Å². The largest absolute Gasteiger partial charge is 0.396 e. The Hall–Kier alpha value is -1.80. The van der Waals surface area contributed by atoms with E-state index in [1.54, 1.807) is 20.0 Å². The summed E-state index contributed by atoms with van der Waals surface area (Å²) in [6, 6.07) is 3.39. The van der Waals surface area contributed by atoms with Gasteiger partial charge < -0.3 is 5.73 Å². The minimum absolute atomic E-state index is 0.247. The van der Waals surface area contributed by atoms with Gasteiger partial charge in [-0.05, 0) is 19.1 Å². The number of nitrogens with one attached hydrogen (secondary N) is 1. The highest BCUT2D eigenvalue weighted by atomic mass is 35.5. The van der Waals surface area contributed by atoms with Crippen molar-refractivity contribution in [1.82, 2.24) is 9.78 Å². The number of hydrogen-bond donors (Lipinski definition) is 2. The van der Waals surface area contributed by atoms with Gasteiger partial charge in [-0.15, -0.1) is 0 Å². The molecule has 0 atom stereocenters. The molecular weight excluding hydrogens is 307 g/mol. The van der Waals surface area contributed by atoms with Crippen molar-refractivity contribution >= 4 is 33.1 Å². The van der Waals surface area contributed by atoms with Crippen LogP contribution in [-0.4, -0.2) is 18.2 Å².